The van der Waals surface area contributed by atoms with Crippen molar-refractivity contribution in [3.05, 3.63) is 64.3 Å². The molecule has 49 heavy (non-hydrogen) atoms. The van der Waals surface area contributed by atoms with E-state index in [9.17, 15) is 13.6 Å². The van der Waals surface area contributed by atoms with Crippen molar-refractivity contribution in [2.24, 2.45) is 0 Å². The molecule has 5 heterocycles. The van der Waals surface area contributed by atoms with Crippen molar-refractivity contribution in [1.82, 2.24) is 19.8 Å². The molecule has 4 aliphatic heterocycles. The van der Waals surface area contributed by atoms with Crippen molar-refractivity contribution >= 4 is 39.8 Å². The number of hydrogen-bond acceptors (Lipinski definition) is 9. The normalized spacial score (nSPS) is 18.9. The van der Waals surface area contributed by atoms with Gasteiger partial charge < -0.3 is 24.2 Å². The third kappa shape index (κ3) is 7.16. The van der Waals surface area contributed by atoms with E-state index in [1.807, 2.05) is 18.2 Å². The summed E-state index contributed by atoms with van der Waals surface area (Å²) in [4.78, 5) is 31.0. The Morgan fingerprint density at radius 3 is 2.51 bits per heavy atom. The van der Waals surface area contributed by atoms with Crippen molar-refractivity contribution in [2.75, 3.05) is 75.9 Å². The van der Waals surface area contributed by atoms with Gasteiger partial charge in [0.2, 0.25) is 0 Å². The van der Waals surface area contributed by atoms with Gasteiger partial charge in [-0.05, 0) is 68.8 Å². The summed E-state index contributed by atoms with van der Waals surface area (Å²) in [6.45, 7) is 7.13. The van der Waals surface area contributed by atoms with Crippen LogP contribution < -0.4 is 14.5 Å². The molecule has 1 aromatic heterocycles. The van der Waals surface area contributed by atoms with E-state index in [0.717, 1.165) is 60.2 Å². The lowest BCUT2D eigenvalue weighted by Crippen LogP contribution is -2.50. The number of rotatable bonds is 8. The monoisotopic (exact) mass is 693 g/mol. The summed E-state index contributed by atoms with van der Waals surface area (Å²) in [5.41, 5.74) is 2.79. The van der Waals surface area contributed by atoms with Gasteiger partial charge in [-0.25, -0.2) is 8.78 Å². The first-order valence-corrected chi connectivity index (χ1v) is 17.3. The standard InChI is InChI=1S/C34H39ClF2N6O3.C2H3N/c1-45-20-10-26(37)32(44)41-18-16-40(17-19-41)31-24-9-15-42(28-6-2-5-23-7-8-25(36)30(35)29(23)28)21-27(24)38-33(39-31)46-22-34-11-3-13-43(34)14-4-12-34;1-2-3/h2,5-8,10H,3-4,9,11-22H2,1H3;1H3/b26-10-;. The molecule has 0 bridgehead atoms. The van der Waals surface area contributed by atoms with Gasteiger partial charge >= 0.3 is 6.01 Å². The minimum absolute atomic E-state index is 0.0433. The Labute approximate surface area is 290 Å². The van der Waals surface area contributed by atoms with E-state index in [1.165, 1.54) is 37.8 Å². The summed E-state index contributed by atoms with van der Waals surface area (Å²) in [5.74, 6) is -1.07. The lowest BCUT2D eigenvalue weighted by Gasteiger charge is -2.38. The molecule has 7 rings (SSSR count). The summed E-state index contributed by atoms with van der Waals surface area (Å²) in [6.07, 6.45) is 6.40. The zero-order valence-corrected chi connectivity index (χ0v) is 28.8. The molecule has 0 unspecified atom stereocenters. The second kappa shape index (κ2) is 15.2. The van der Waals surface area contributed by atoms with E-state index < -0.39 is 17.6 Å². The number of ether oxygens (including phenoxy) is 2. The van der Waals surface area contributed by atoms with Crippen LogP contribution in [0.15, 0.2) is 42.2 Å². The molecule has 0 spiro atoms. The van der Waals surface area contributed by atoms with Gasteiger partial charge in [0.05, 0.1) is 35.5 Å². The highest BCUT2D eigenvalue weighted by molar-refractivity contribution is 6.36. The zero-order chi connectivity index (χ0) is 34.5. The topological polar surface area (TPSA) is 98.1 Å². The Hall–Kier alpha value is -4.05. The van der Waals surface area contributed by atoms with E-state index in [2.05, 4.69) is 14.7 Å². The van der Waals surface area contributed by atoms with Gasteiger partial charge in [-0.15, -0.1) is 0 Å². The van der Waals surface area contributed by atoms with Crippen LogP contribution in [0.1, 0.15) is 43.9 Å². The highest BCUT2D eigenvalue weighted by Crippen LogP contribution is 2.40. The zero-order valence-electron chi connectivity index (χ0n) is 28.1. The van der Waals surface area contributed by atoms with Gasteiger partial charge in [0.15, 0.2) is 5.83 Å². The number of fused-ring (bicyclic) bond motifs is 3. The third-order valence-corrected chi connectivity index (χ3v) is 10.4. The molecule has 10 nitrogen and oxygen atoms in total. The second-order valence-electron chi connectivity index (χ2n) is 12.9. The van der Waals surface area contributed by atoms with E-state index in [4.69, 9.17) is 36.3 Å². The minimum Gasteiger partial charge on any atom is -0.461 e. The number of piperazine rings is 1. The average molecular weight is 694 g/mol. The number of carbonyl (C=O) groups excluding carboxylic acids is 1. The van der Waals surface area contributed by atoms with Crippen LogP contribution in [0, 0.1) is 17.1 Å². The van der Waals surface area contributed by atoms with Gasteiger partial charge in [-0.1, -0.05) is 29.8 Å². The average Bonchev–Trinajstić information content (AvgIpc) is 3.71. The molecule has 0 atom stereocenters. The first-order valence-electron chi connectivity index (χ1n) is 16.9. The van der Waals surface area contributed by atoms with Crippen LogP contribution in [0.3, 0.4) is 0 Å². The van der Waals surface area contributed by atoms with Crippen LogP contribution >= 0.6 is 11.6 Å². The SMILES string of the molecule is CC#N.COC/C=C(\F)C(=O)N1CCN(c2nc(OCC34CCCN3CCC4)nc3c2CCN(c2cccc4ccc(F)c(Cl)c24)C3)CC1. The van der Waals surface area contributed by atoms with E-state index in [0.29, 0.717) is 63.7 Å². The number of carbonyl (C=O) groups is 1. The largest absolute Gasteiger partial charge is 0.461 e. The van der Waals surface area contributed by atoms with Crippen molar-refractivity contribution < 1.29 is 23.0 Å². The third-order valence-electron chi connectivity index (χ3n) is 10.1. The number of amides is 1. The van der Waals surface area contributed by atoms with Crippen molar-refractivity contribution in [2.45, 2.75) is 51.1 Å². The first-order chi connectivity index (χ1) is 23.8. The van der Waals surface area contributed by atoms with Crippen molar-refractivity contribution in [1.29, 1.82) is 5.26 Å². The highest BCUT2D eigenvalue weighted by atomic mass is 35.5. The minimum atomic E-state index is -0.800. The fourth-order valence-electron chi connectivity index (χ4n) is 7.65. The Bertz CT molecular complexity index is 1750. The van der Waals surface area contributed by atoms with Crippen molar-refractivity contribution in [3.63, 3.8) is 0 Å². The number of halogens is 3. The molecule has 13 heteroatoms. The Balaban J connectivity index is 0.00000134. The quantitative estimate of drug-likeness (QED) is 0.277. The molecule has 2 aromatic carbocycles. The number of anilines is 2. The summed E-state index contributed by atoms with van der Waals surface area (Å²) in [7, 11) is 1.46. The maximum Gasteiger partial charge on any atom is 0.318 e. The molecule has 0 N–H and O–H groups in total. The lowest BCUT2D eigenvalue weighted by molar-refractivity contribution is -0.129. The summed E-state index contributed by atoms with van der Waals surface area (Å²) in [5, 5.41) is 9.00. The van der Waals surface area contributed by atoms with Crippen LogP contribution in [0.25, 0.3) is 10.8 Å². The molecule has 3 saturated heterocycles. The maximum absolute atomic E-state index is 14.6. The number of hydrogen-bond donors (Lipinski definition) is 0. The highest BCUT2D eigenvalue weighted by Gasteiger charge is 2.45. The number of benzene rings is 2. The van der Waals surface area contributed by atoms with E-state index >= 15 is 0 Å². The molecule has 3 fully saturated rings. The molecule has 0 saturated carbocycles. The van der Waals surface area contributed by atoms with Gasteiger partial charge in [-0.3, -0.25) is 9.69 Å². The second-order valence-corrected chi connectivity index (χ2v) is 13.3. The summed E-state index contributed by atoms with van der Waals surface area (Å²) in [6, 6.07) is 11.1. The smallest absolute Gasteiger partial charge is 0.318 e. The molecule has 0 radical (unpaired) electrons. The number of nitrogens with zero attached hydrogens (tertiary/aromatic N) is 7. The maximum atomic E-state index is 14.6. The predicted octanol–water partition coefficient (Wildman–Crippen LogP) is 5.67. The van der Waals surface area contributed by atoms with Crippen molar-refractivity contribution in [3.8, 4) is 12.1 Å². The van der Waals surface area contributed by atoms with Gasteiger partial charge in [0, 0.05) is 63.4 Å². The van der Waals surface area contributed by atoms with Crippen LogP contribution in [0.5, 0.6) is 6.01 Å². The fourth-order valence-corrected chi connectivity index (χ4v) is 7.92. The molecular weight excluding hydrogens is 652 g/mol. The number of nitriles is 1. The fraction of sp³-hybridized carbons (Fsp3) is 0.500. The molecule has 0 aliphatic carbocycles. The van der Waals surface area contributed by atoms with Crippen LogP contribution in [0.4, 0.5) is 20.3 Å². The van der Waals surface area contributed by atoms with Gasteiger partial charge in [0.25, 0.3) is 5.91 Å². The molecule has 4 aliphatic rings. The Morgan fingerprint density at radius 2 is 1.80 bits per heavy atom. The van der Waals surface area contributed by atoms with Crippen LogP contribution in [-0.2, 0) is 22.5 Å². The number of aromatic nitrogens is 2. The summed E-state index contributed by atoms with van der Waals surface area (Å²) >= 11 is 6.51. The Kier molecular flexibility index (Phi) is 10.8. The van der Waals surface area contributed by atoms with Crippen LogP contribution in [-0.4, -0.2) is 97.4 Å². The lowest BCUT2D eigenvalue weighted by atomic mass is 9.95. The van der Waals surface area contributed by atoms with Gasteiger partial charge in [0.1, 0.15) is 18.2 Å². The molecular formula is C36H42ClF2N7O3. The van der Waals surface area contributed by atoms with Gasteiger partial charge in [-0.2, -0.15) is 15.2 Å². The number of methoxy groups -OCH3 is 1. The first kappa shape index (κ1) is 34.8. The Morgan fingerprint density at radius 1 is 1.06 bits per heavy atom. The van der Waals surface area contributed by atoms with E-state index in [-0.39, 0.29) is 17.2 Å². The van der Waals surface area contributed by atoms with Crippen LogP contribution in [0.2, 0.25) is 5.02 Å². The molecule has 3 aromatic rings. The molecule has 1 amide bonds. The predicted molar refractivity (Wildman–Crippen MR) is 185 cm³/mol. The molecule has 260 valence electrons. The summed E-state index contributed by atoms with van der Waals surface area (Å²) < 4.78 is 40.3. The van der Waals surface area contributed by atoms with E-state index in [1.54, 1.807) is 12.1 Å².